The molecule has 3 aliphatic rings. The number of carbonyl (C=O) groups is 2. The van der Waals surface area contributed by atoms with E-state index in [1.54, 1.807) is 0 Å². The van der Waals surface area contributed by atoms with Crippen LogP contribution in [0.15, 0.2) is 23.8 Å². The van der Waals surface area contributed by atoms with Crippen LogP contribution in [-0.4, -0.2) is 37.9 Å². The Bertz CT molecular complexity index is 661. The third kappa shape index (κ3) is 7.55. The lowest BCUT2D eigenvalue weighted by atomic mass is 9.78. The molecule has 5 nitrogen and oxygen atoms in total. The molecule has 1 heterocycles. The van der Waals surface area contributed by atoms with Crippen LogP contribution >= 0.6 is 0 Å². The van der Waals surface area contributed by atoms with Crippen LogP contribution in [-0.2, 0) is 23.8 Å². The van der Waals surface area contributed by atoms with Crippen LogP contribution < -0.4 is 0 Å². The summed E-state index contributed by atoms with van der Waals surface area (Å²) in [5, 5.41) is 0. The van der Waals surface area contributed by atoms with Crippen molar-refractivity contribution in [3.05, 3.63) is 23.8 Å². The van der Waals surface area contributed by atoms with Gasteiger partial charge >= 0.3 is 5.97 Å². The minimum Gasteiger partial charge on any atom is -0.469 e. The maximum absolute atomic E-state index is 12.4. The summed E-state index contributed by atoms with van der Waals surface area (Å²) in [5.74, 6) is 1.38. The molecular formula is C27H42O5. The molecule has 0 aromatic carbocycles. The molecule has 0 bridgehead atoms. The van der Waals surface area contributed by atoms with E-state index in [4.69, 9.17) is 14.2 Å². The van der Waals surface area contributed by atoms with Crippen molar-refractivity contribution >= 4 is 11.8 Å². The van der Waals surface area contributed by atoms with E-state index in [1.807, 2.05) is 6.08 Å². The van der Waals surface area contributed by atoms with Crippen molar-refractivity contribution in [2.45, 2.75) is 103 Å². The Morgan fingerprint density at radius 1 is 1.16 bits per heavy atom. The highest BCUT2D eigenvalue weighted by Gasteiger charge is 2.44. The van der Waals surface area contributed by atoms with E-state index in [9.17, 15) is 9.59 Å². The second-order valence-corrected chi connectivity index (χ2v) is 9.69. The fourth-order valence-electron chi connectivity index (χ4n) is 5.55. The number of allylic oxidation sites excluding steroid dienone is 3. The highest BCUT2D eigenvalue weighted by molar-refractivity contribution is 5.89. The molecule has 1 saturated heterocycles. The minimum atomic E-state index is -0.130. The zero-order valence-electron chi connectivity index (χ0n) is 20.1. The van der Waals surface area contributed by atoms with Gasteiger partial charge in [0.05, 0.1) is 13.2 Å². The van der Waals surface area contributed by atoms with Crippen molar-refractivity contribution in [2.75, 3.05) is 13.7 Å². The largest absolute Gasteiger partial charge is 0.469 e. The van der Waals surface area contributed by atoms with Crippen LogP contribution in [0.5, 0.6) is 0 Å². The summed E-state index contributed by atoms with van der Waals surface area (Å²) in [4.78, 5) is 23.8. The Labute approximate surface area is 193 Å². The van der Waals surface area contributed by atoms with Gasteiger partial charge in [-0.2, -0.15) is 0 Å². The van der Waals surface area contributed by atoms with E-state index in [2.05, 4.69) is 19.1 Å². The first kappa shape index (κ1) is 25.2. The number of methoxy groups -OCH3 is 1. The second kappa shape index (κ2) is 13.3. The summed E-state index contributed by atoms with van der Waals surface area (Å²) in [7, 11) is 1.45. The maximum Gasteiger partial charge on any atom is 0.305 e. The molecule has 5 atom stereocenters. The molecule has 5 heteroatoms. The van der Waals surface area contributed by atoms with E-state index >= 15 is 0 Å². The van der Waals surface area contributed by atoms with Crippen molar-refractivity contribution < 1.29 is 23.8 Å². The lowest BCUT2D eigenvalue weighted by Crippen LogP contribution is -2.30. The lowest BCUT2D eigenvalue weighted by Gasteiger charge is -2.30. The molecule has 2 aliphatic carbocycles. The fourth-order valence-corrected chi connectivity index (χ4v) is 5.55. The Balaban J connectivity index is 1.62. The van der Waals surface area contributed by atoms with Crippen molar-refractivity contribution in [1.29, 1.82) is 0 Å². The van der Waals surface area contributed by atoms with Gasteiger partial charge in [-0.15, -0.1) is 0 Å². The highest BCUT2D eigenvalue weighted by atomic mass is 16.7. The average Bonchev–Trinajstić information content (AvgIpc) is 3.14. The monoisotopic (exact) mass is 446 g/mol. The summed E-state index contributed by atoms with van der Waals surface area (Å²) in [6.45, 7) is 2.94. The van der Waals surface area contributed by atoms with Gasteiger partial charge in [0, 0.05) is 25.4 Å². The molecule has 3 rings (SSSR count). The third-order valence-electron chi connectivity index (χ3n) is 7.33. The second-order valence-electron chi connectivity index (χ2n) is 9.69. The Kier molecular flexibility index (Phi) is 10.5. The number of esters is 1. The third-order valence-corrected chi connectivity index (χ3v) is 7.33. The number of fused-ring (bicyclic) bond motifs is 1. The molecule has 0 N–H and O–H groups in total. The molecule has 180 valence electrons. The minimum absolute atomic E-state index is 0.103. The molecule has 0 amide bonds. The van der Waals surface area contributed by atoms with Crippen LogP contribution in [0.25, 0.3) is 0 Å². The number of unbranched alkanes of at least 4 members (excludes halogenated alkanes) is 2. The SMILES string of the molecule is CCCCCC(=O)C=C[C@H]1[C@H]2CCC(CCCC(=O)OC)=C[C@@H]2C[C@@H]1OC1CCCCO1. The first-order chi connectivity index (χ1) is 15.6. The van der Waals surface area contributed by atoms with E-state index in [1.165, 1.54) is 12.7 Å². The van der Waals surface area contributed by atoms with Crippen LogP contribution in [0.3, 0.4) is 0 Å². The Hall–Kier alpha value is -1.46. The Morgan fingerprint density at radius 2 is 2.03 bits per heavy atom. The maximum atomic E-state index is 12.4. The normalized spacial score (nSPS) is 30.2. The Morgan fingerprint density at radius 3 is 2.78 bits per heavy atom. The van der Waals surface area contributed by atoms with Crippen LogP contribution in [0.4, 0.5) is 0 Å². The molecule has 0 radical (unpaired) electrons. The predicted molar refractivity (Wildman–Crippen MR) is 125 cm³/mol. The number of hydrogen-bond donors (Lipinski definition) is 0. The summed E-state index contributed by atoms with van der Waals surface area (Å²) in [5.41, 5.74) is 1.46. The van der Waals surface area contributed by atoms with Crippen LogP contribution in [0, 0.1) is 17.8 Å². The predicted octanol–water partition coefficient (Wildman–Crippen LogP) is 5.92. The van der Waals surface area contributed by atoms with Gasteiger partial charge in [-0.05, 0) is 75.7 Å². The molecule has 0 spiro atoms. The molecule has 0 aromatic heterocycles. The first-order valence-corrected chi connectivity index (χ1v) is 12.8. The lowest BCUT2D eigenvalue weighted by molar-refractivity contribution is -0.192. The average molecular weight is 447 g/mol. The van der Waals surface area contributed by atoms with Crippen molar-refractivity contribution in [2.24, 2.45) is 17.8 Å². The van der Waals surface area contributed by atoms with E-state index < -0.39 is 0 Å². The molecule has 32 heavy (non-hydrogen) atoms. The van der Waals surface area contributed by atoms with Crippen molar-refractivity contribution in [3.63, 3.8) is 0 Å². The van der Waals surface area contributed by atoms with Gasteiger partial charge in [-0.25, -0.2) is 0 Å². The molecule has 1 unspecified atom stereocenters. The number of rotatable bonds is 12. The highest BCUT2D eigenvalue weighted by Crippen LogP contribution is 2.48. The van der Waals surface area contributed by atoms with Crippen molar-refractivity contribution in [1.82, 2.24) is 0 Å². The summed E-state index contributed by atoms with van der Waals surface area (Å²) >= 11 is 0. The number of ether oxygens (including phenoxy) is 3. The quantitative estimate of drug-likeness (QED) is 0.161. The molecule has 1 aliphatic heterocycles. The number of hydrogen-bond acceptors (Lipinski definition) is 5. The fraction of sp³-hybridized carbons (Fsp3) is 0.778. The van der Waals surface area contributed by atoms with Gasteiger partial charge in [0.1, 0.15) is 0 Å². The van der Waals surface area contributed by atoms with Gasteiger partial charge < -0.3 is 14.2 Å². The number of ketones is 1. The standard InChI is InChI=1S/C27H42O5/c1-3-4-5-10-22(28)14-16-24-23-15-13-20(9-8-11-26(29)30-2)18-21(23)19-25(24)32-27-12-6-7-17-31-27/h14,16,18,21,23-25,27H,3-13,15,17,19H2,1-2H3/t21-,23+,24+,25+,27?/m1/s1. The number of carbonyl (C=O) groups excluding carboxylic acids is 2. The molecular weight excluding hydrogens is 404 g/mol. The summed E-state index contributed by atoms with van der Waals surface area (Å²) in [6.07, 6.45) is 19.0. The van der Waals surface area contributed by atoms with Crippen LogP contribution in [0.2, 0.25) is 0 Å². The van der Waals surface area contributed by atoms with Gasteiger partial charge in [0.25, 0.3) is 0 Å². The molecule has 0 aromatic rings. The van der Waals surface area contributed by atoms with E-state index in [-0.39, 0.29) is 30.1 Å². The van der Waals surface area contributed by atoms with Crippen molar-refractivity contribution in [3.8, 4) is 0 Å². The zero-order chi connectivity index (χ0) is 22.8. The van der Waals surface area contributed by atoms with E-state index in [0.29, 0.717) is 24.7 Å². The molecule has 1 saturated carbocycles. The van der Waals surface area contributed by atoms with Gasteiger partial charge in [0.2, 0.25) is 0 Å². The van der Waals surface area contributed by atoms with Gasteiger partial charge in [-0.3, -0.25) is 9.59 Å². The summed E-state index contributed by atoms with van der Waals surface area (Å²) < 4.78 is 17.1. The molecule has 2 fully saturated rings. The topological polar surface area (TPSA) is 61.8 Å². The zero-order valence-corrected chi connectivity index (χ0v) is 20.1. The summed E-state index contributed by atoms with van der Waals surface area (Å²) in [6, 6.07) is 0. The smallest absolute Gasteiger partial charge is 0.305 e. The first-order valence-electron chi connectivity index (χ1n) is 12.8. The van der Waals surface area contributed by atoms with E-state index in [0.717, 1.165) is 77.2 Å². The van der Waals surface area contributed by atoms with Gasteiger partial charge in [-0.1, -0.05) is 37.5 Å². The van der Waals surface area contributed by atoms with Crippen LogP contribution in [0.1, 0.15) is 90.4 Å². The van der Waals surface area contributed by atoms with Gasteiger partial charge in [0.15, 0.2) is 12.1 Å².